The largest absolute Gasteiger partial charge is 0.316 e. The molecule has 0 amide bonds. The fourth-order valence-corrected chi connectivity index (χ4v) is 3.23. The molecule has 0 atom stereocenters. The van der Waals surface area contributed by atoms with Crippen LogP contribution in [-0.4, -0.2) is 15.5 Å². The molecule has 0 fully saturated rings. The molecule has 0 aromatic heterocycles. The van der Waals surface area contributed by atoms with Crippen LogP contribution in [0.3, 0.4) is 0 Å². The predicted molar refractivity (Wildman–Crippen MR) is 81.2 cm³/mol. The molecule has 0 radical (unpaired) electrons. The Morgan fingerprint density at radius 3 is 2.30 bits per heavy atom. The average molecular weight is 290 g/mol. The van der Waals surface area contributed by atoms with E-state index >= 15 is 0 Å². The van der Waals surface area contributed by atoms with Gasteiger partial charge in [-0.05, 0) is 37.7 Å². The molecule has 106 valence electrons. The van der Waals surface area contributed by atoms with Crippen molar-refractivity contribution >= 4 is 15.7 Å². The van der Waals surface area contributed by atoms with E-state index in [0.29, 0.717) is 17.1 Å². The zero-order valence-electron chi connectivity index (χ0n) is 11.6. The summed E-state index contributed by atoms with van der Waals surface area (Å²) in [5.74, 6) is 0. The summed E-state index contributed by atoms with van der Waals surface area (Å²) in [5, 5.41) is 2.98. The quantitative estimate of drug-likeness (QED) is 0.889. The van der Waals surface area contributed by atoms with Crippen LogP contribution in [0.5, 0.6) is 0 Å². The summed E-state index contributed by atoms with van der Waals surface area (Å²) >= 11 is 0. The van der Waals surface area contributed by atoms with E-state index < -0.39 is 10.0 Å². The molecule has 2 N–H and O–H groups in total. The number of nitrogens with one attached hydrogen (secondary N) is 2. The summed E-state index contributed by atoms with van der Waals surface area (Å²) in [4.78, 5) is 0.301. The number of sulfonamides is 1. The molecule has 0 aliphatic rings. The molecule has 0 bridgehead atoms. The number of anilines is 1. The van der Waals surface area contributed by atoms with Crippen LogP contribution in [0.2, 0.25) is 0 Å². The highest BCUT2D eigenvalue weighted by Gasteiger charge is 2.17. The van der Waals surface area contributed by atoms with E-state index in [4.69, 9.17) is 0 Å². The van der Waals surface area contributed by atoms with Gasteiger partial charge in [0.05, 0.1) is 4.90 Å². The molecule has 2 rings (SSSR count). The molecule has 0 saturated carbocycles. The van der Waals surface area contributed by atoms with Crippen LogP contribution < -0.4 is 10.0 Å². The molecule has 0 saturated heterocycles. The number of hydrogen-bond donors (Lipinski definition) is 2. The van der Waals surface area contributed by atoms with Gasteiger partial charge in [-0.25, -0.2) is 8.42 Å². The highest BCUT2D eigenvalue weighted by molar-refractivity contribution is 7.92. The molecule has 2 aromatic carbocycles. The van der Waals surface area contributed by atoms with E-state index in [1.807, 2.05) is 25.1 Å². The molecule has 4 nitrogen and oxygen atoms in total. The van der Waals surface area contributed by atoms with Crippen molar-refractivity contribution in [3.8, 4) is 0 Å². The number of benzene rings is 2. The standard InChI is InChI=1S/C15H18N2O2S/c1-12-7-9-14(10-8-12)17-20(18,19)15-6-4-3-5-13(15)11-16-2/h3-10,16-17H,11H2,1-2H3. The van der Waals surface area contributed by atoms with Crippen LogP contribution in [-0.2, 0) is 16.6 Å². The Bertz CT molecular complexity index is 679. The second kappa shape index (κ2) is 6.07. The van der Waals surface area contributed by atoms with Crippen LogP contribution in [0.25, 0.3) is 0 Å². The Hall–Kier alpha value is -1.85. The van der Waals surface area contributed by atoms with E-state index in [0.717, 1.165) is 11.1 Å². The Kier molecular flexibility index (Phi) is 4.42. The smallest absolute Gasteiger partial charge is 0.262 e. The molecule has 2 aromatic rings. The Morgan fingerprint density at radius 2 is 1.65 bits per heavy atom. The first kappa shape index (κ1) is 14.6. The zero-order chi connectivity index (χ0) is 14.6. The Morgan fingerprint density at radius 1 is 1.00 bits per heavy atom. The van der Waals surface area contributed by atoms with Gasteiger partial charge in [-0.1, -0.05) is 35.9 Å². The highest BCUT2D eigenvalue weighted by atomic mass is 32.2. The second-order valence-electron chi connectivity index (χ2n) is 4.61. The van der Waals surface area contributed by atoms with Gasteiger partial charge in [0.25, 0.3) is 10.0 Å². The van der Waals surface area contributed by atoms with Crippen molar-refractivity contribution in [2.75, 3.05) is 11.8 Å². The van der Waals surface area contributed by atoms with Crippen molar-refractivity contribution in [1.29, 1.82) is 0 Å². The van der Waals surface area contributed by atoms with Crippen molar-refractivity contribution in [3.63, 3.8) is 0 Å². The second-order valence-corrected chi connectivity index (χ2v) is 6.26. The fourth-order valence-electron chi connectivity index (χ4n) is 1.93. The van der Waals surface area contributed by atoms with Crippen molar-refractivity contribution < 1.29 is 8.42 Å². The lowest BCUT2D eigenvalue weighted by molar-refractivity contribution is 0.599. The maximum absolute atomic E-state index is 12.4. The highest BCUT2D eigenvalue weighted by Crippen LogP contribution is 2.19. The summed E-state index contributed by atoms with van der Waals surface area (Å²) in [5.41, 5.74) is 2.40. The van der Waals surface area contributed by atoms with Gasteiger partial charge >= 0.3 is 0 Å². The SMILES string of the molecule is CNCc1ccccc1S(=O)(=O)Nc1ccc(C)cc1. The van der Waals surface area contributed by atoms with Crippen LogP contribution in [0.15, 0.2) is 53.4 Å². The third-order valence-electron chi connectivity index (χ3n) is 2.93. The van der Waals surface area contributed by atoms with Crippen molar-refractivity contribution in [2.45, 2.75) is 18.4 Å². The van der Waals surface area contributed by atoms with E-state index in [-0.39, 0.29) is 0 Å². The zero-order valence-corrected chi connectivity index (χ0v) is 12.4. The number of rotatable bonds is 5. The van der Waals surface area contributed by atoms with Crippen molar-refractivity contribution in [2.24, 2.45) is 0 Å². The van der Waals surface area contributed by atoms with Crippen LogP contribution in [0, 0.1) is 6.92 Å². The Balaban J connectivity index is 2.33. The lowest BCUT2D eigenvalue weighted by Crippen LogP contribution is -2.17. The molecule has 20 heavy (non-hydrogen) atoms. The minimum atomic E-state index is -3.57. The van der Waals surface area contributed by atoms with Gasteiger partial charge in [-0.2, -0.15) is 0 Å². The topological polar surface area (TPSA) is 58.2 Å². The van der Waals surface area contributed by atoms with Crippen molar-refractivity contribution in [1.82, 2.24) is 5.32 Å². The lowest BCUT2D eigenvalue weighted by atomic mass is 10.2. The molecule has 0 spiro atoms. The first-order valence-corrected chi connectivity index (χ1v) is 7.83. The molecule has 5 heteroatoms. The van der Waals surface area contributed by atoms with Gasteiger partial charge in [0.15, 0.2) is 0 Å². The molecule has 0 unspecified atom stereocenters. The average Bonchev–Trinajstić information content (AvgIpc) is 2.42. The monoisotopic (exact) mass is 290 g/mol. The van der Waals surface area contributed by atoms with Crippen LogP contribution in [0.4, 0.5) is 5.69 Å². The van der Waals surface area contributed by atoms with E-state index in [1.165, 1.54) is 0 Å². The molecular weight excluding hydrogens is 272 g/mol. The maximum atomic E-state index is 12.4. The summed E-state index contributed by atoms with van der Waals surface area (Å²) in [7, 11) is -1.78. The van der Waals surface area contributed by atoms with Crippen LogP contribution >= 0.6 is 0 Å². The van der Waals surface area contributed by atoms with Gasteiger partial charge in [0.1, 0.15) is 0 Å². The minimum Gasteiger partial charge on any atom is -0.316 e. The number of hydrogen-bond acceptors (Lipinski definition) is 3. The minimum absolute atomic E-state index is 0.301. The Labute approximate surface area is 119 Å². The number of aryl methyl sites for hydroxylation is 1. The van der Waals surface area contributed by atoms with Crippen molar-refractivity contribution in [3.05, 3.63) is 59.7 Å². The van der Waals surface area contributed by atoms with Crippen LogP contribution in [0.1, 0.15) is 11.1 Å². The summed E-state index contributed by atoms with van der Waals surface area (Å²) in [6, 6.07) is 14.2. The van der Waals surface area contributed by atoms with Gasteiger partial charge in [0.2, 0.25) is 0 Å². The van der Waals surface area contributed by atoms with E-state index in [1.54, 1.807) is 37.4 Å². The maximum Gasteiger partial charge on any atom is 0.262 e. The first-order chi connectivity index (χ1) is 9.53. The molecule has 0 heterocycles. The normalized spacial score (nSPS) is 11.3. The van der Waals surface area contributed by atoms with E-state index in [9.17, 15) is 8.42 Å². The summed E-state index contributed by atoms with van der Waals surface area (Å²) in [6.07, 6.45) is 0. The summed E-state index contributed by atoms with van der Waals surface area (Å²) in [6.45, 7) is 2.46. The van der Waals surface area contributed by atoms with Gasteiger partial charge in [-0.15, -0.1) is 0 Å². The first-order valence-electron chi connectivity index (χ1n) is 6.35. The van der Waals surface area contributed by atoms with E-state index in [2.05, 4.69) is 10.0 Å². The third-order valence-corrected chi connectivity index (χ3v) is 4.41. The van der Waals surface area contributed by atoms with Gasteiger partial charge < -0.3 is 5.32 Å². The summed E-state index contributed by atoms with van der Waals surface area (Å²) < 4.78 is 27.5. The fraction of sp³-hybridized carbons (Fsp3) is 0.200. The van der Waals surface area contributed by atoms with Gasteiger partial charge in [-0.3, -0.25) is 4.72 Å². The third kappa shape index (κ3) is 3.37. The predicted octanol–water partition coefficient (Wildman–Crippen LogP) is 2.52. The lowest BCUT2D eigenvalue weighted by Gasteiger charge is -2.12. The van der Waals surface area contributed by atoms with Gasteiger partial charge in [0, 0.05) is 12.2 Å². The molecule has 0 aliphatic carbocycles. The molecule has 0 aliphatic heterocycles. The molecular formula is C15H18N2O2S.